The molecule has 1 rings (SSSR count). The SMILES string of the molecule is CC(C)c1ccc(SCC(=O)N(C)CCC(=O)O)cc1. The van der Waals surface area contributed by atoms with Crippen molar-refractivity contribution in [3.05, 3.63) is 29.8 Å². The summed E-state index contributed by atoms with van der Waals surface area (Å²) in [6.07, 6.45) is -0.0179. The first-order valence-electron chi connectivity index (χ1n) is 6.58. The minimum Gasteiger partial charge on any atom is -0.481 e. The van der Waals surface area contributed by atoms with Crippen LogP contribution in [0.5, 0.6) is 0 Å². The maximum Gasteiger partial charge on any atom is 0.305 e. The lowest BCUT2D eigenvalue weighted by molar-refractivity contribution is -0.137. The Bertz CT molecular complexity index is 457. The highest BCUT2D eigenvalue weighted by atomic mass is 32.2. The zero-order chi connectivity index (χ0) is 15.1. The number of rotatable bonds is 7. The number of amides is 1. The molecule has 1 aromatic carbocycles. The Morgan fingerprint density at radius 3 is 2.35 bits per heavy atom. The molecule has 0 aliphatic carbocycles. The second kappa shape index (κ2) is 7.94. The molecule has 1 N–H and O–H groups in total. The van der Waals surface area contributed by atoms with Crippen molar-refractivity contribution in [3.8, 4) is 0 Å². The average molecular weight is 295 g/mol. The molecule has 0 saturated carbocycles. The van der Waals surface area contributed by atoms with Crippen LogP contribution in [0.2, 0.25) is 0 Å². The normalized spacial score (nSPS) is 10.6. The van der Waals surface area contributed by atoms with Crippen molar-refractivity contribution in [1.82, 2.24) is 4.90 Å². The number of hydrogen-bond acceptors (Lipinski definition) is 3. The van der Waals surface area contributed by atoms with E-state index in [9.17, 15) is 9.59 Å². The smallest absolute Gasteiger partial charge is 0.305 e. The summed E-state index contributed by atoms with van der Waals surface area (Å²) < 4.78 is 0. The molecule has 110 valence electrons. The first-order valence-corrected chi connectivity index (χ1v) is 7.57. The number of carboxylic acid groups (broad SMARTS) is 1. The van der Waals surface area contributed by atoms with E-state index in [1.54, 1.807) is 7.05 Å². The number of aliphatic carboxylic acids is 1. The van der Waals surface area contributed by atoms with Crippen LogP contribution in [0.15, 0.2) is 29.2 Å². The van der Waals surface area contributed by atoms with Crippen molar-refractivity contribution in [3.63, 3.8) is 0 Å². The van der Waals surface area contributed by atoms with Crippen LogP contribution in [-0.4, -0.2) is 41.2 Å². The molecule has 0 aliphatic heterocycles. The molecule has 5 heteroatoms. The molecule has 0 atom stereocenters. The molecule has 0 aliphatic rings. The molecule has 0 radical (unpaired) electrons. The molecular formula is C15H21NO3S. The topological polar surface area (TPSA) is 57.6 Å². The Hall–Kier alpha value is -1.49. The van der Waals surface area contributed by atoms with Gasteiger partial charge in [-0.2, -0.15) is 0 Å². The van der Waals surface area contributed by atoms with Crippen molar-refractivity contribution in [2.45, 2.75) is 31.1 Å². The lowest BCUT2D eigenvalue weighted by atomic mass is 10.0. The molecule has 0 unspecified atom stereocenters. The lowest BCUT2D eigenvalue weighted by Gasteiger charge is -2.15. The Labute approximate surface area is 124 Å². The fraction of sp³-hybridized carbons (Fsp3) is 0.467. The van der Waals surface area contributed by atoms with E-state index in [0.29, 0.717) is 11.7 Å². The van der Waals surface area contributed by atoms with Crippen LogP contribution in [0.4, 0.5) is 0 Å². The van der Waals surface area contributed by atoms with Gasteiger partial charge in [-0.25, -0.2) is 0 Å². The van der Waals surface area contributed by atoms with E-state index in [0.717, 1.165) is 4.90 Å². The van der Waals surface area contributed by atoms with Crippen LogP contribution >= 0.6 is 11.8 Å². The predicted octanol–water partition coefficient (Wildman–Crippen LogP) is 2.84. The summed E-state index contributed by atoms with van der Waals surface area (Å²) in [5, 5.41) is 8.58. The predicted molar refractivity (Wildman–Crippen MR) is 81.1 cm³/mol. The Morgan fingerprint density at radius 1 is 1.25 bits per heavy atom. The van der Waals surface area contributed by atoms with Gasteiger partial charge in [-0.1, -0.05) is 26.0 Å². The van der Waals surface area contributed by atoms with E-state index in [-0.39, 0.29) is 18.9 Å². The Morgan fingerprint density at radius 2 is 1.85 bits per heavy atom. The fourth-order valence-corrected chi connectivity index (χ4v) is 2.43. The van der Waals surface area contributed by atoms with E-state index in [1.807, 2.05) is 12.1 Å². The van der Waals surface area contributed by atoms with Crippen LogP contribution in [0.1, 0.15) is 31.7 Å². The first-order chi connectivity index (χ1) is 9.40. The van der Waals surface area contributed by atoms with Gasteiger partial charge in [-0.3, -0.25) is 9.59 Å². The maximum atomic E-state index is 11.8. The highest BCUT2D eigenvalue weighted by Crippen LogP contribution is 2.21. The van der Waals surface area contributed by atoms with Crippen molar-refractivity contribution in [1.29, 1.82) is 0 Å². The number of benzene rings is 1. The van der Waals surface area contributed by atoms with Gasteiger partial charge < -0.3 is 10.0 Å². The first kappa shape index (κ1) is 16.6. The van der Waals surface area contributed by atoms with Crippen molar-refractivity contribution >= 4 is 23.6 Å². The minimum atomic E-state index is -0.887. The number of nitrogens with zero attached hydrogens (tertiary/aromatic N) is 1. The molecule has 4 nitrogen and oxygen atoms in total. The number of carbonyl (C=O) groups is 2. The van der Waals surface area contributed by atoms with Gasteiger partial charge in [0.1, 0.15) is 0 Å². The largest absolute Gasteiger partial charge is 0.481 e. The van der Waals surface area contributed by atoms with E-state index in [1.165, 1.54) is 22.2 Å². The van der Waals surface area contributed by atoms with Crippen molar-refractivity contribution < 1.29 is 14.7 Å². The fourth-order valence-electron chi connectivity index (χ4n) is 1.59. The lowest BCUT2D eigenvalue weighted by Crippen LogP contribution is -2.30. The molecule has 0 saturated heterocycles. The van der Waals surface area contributed by atoms with Crippen LogP contribution in [-0.2, 0) is 9.59 Å². The zero-order valence-electron chi connectivity index (χ0n) is 12.1. The van der Waals surface area contributed by atoms with Gasteiger partial charge in [-0.15, -0.1) is 11.8 Å². The van der Waals surface area contributed by atoms with Gasteiger partial charge in [0, 0.05) is 18.5 Å². The Kier molecular flexibility index (Phi) is 6.58. The molecule has 0 spiro atoms. The second-order valence-corrected chi connectivity index (χ2v) is 6.02. The molecule has 20 heavy (non-hydrogen) atoms. The third kappa shape index (κ3) is 5.65. The van der Waals surface area contributed by atoms with E-state index >= 15 is 0 Å². The zero-order valence-corrected chi connectivity index (χ0v) is 12.9. The number of hydrogen-bond donors (Lipinski definition) is 1. The van der Waals surface area contributed by atoms with Crippen LogP contribution < -0.4 is 0 Å². The second-order valence-electron chi connectivity index (χ2n) is 4.97. The number of carboxylic acids is 1. The average Bonchev–Trinajstić information content (AvgIpc) is 2.42. The molecule has 1 aromatic rings. The standard InChI is InChI=1S/C15H21NO3S/c1-11(2)12-4-6-13(7-5-12)20-10-14(17)16(3)9-8-15(18)19/h4-7,11H,8-10H2,1-3H3,(H,18,19). The molecule has 0 aromatic heterocycles. The van der Waals surface area contributed by atoms with Crippen LogP contribution in [0.25, 0.3) is 0 Å². The van der Waals surface area contributed by atoms with E-state index in [2.05, 4.69) is 26.0 Å². The highest BCUT2D eigenvalue weighted by molar-refractivity contribution is 8.00. The van der Waals surface area contributed by atoms with Gasteiger partial charge in [0.05, 0.1) is 12.2 Å². The third-order valence-corrected chi connectivity index (χ3v) is 3.99. The monoisotopic (exact) mass is 295 g/mol. The van der Waals surface area contributed by atoms with E-state index in [4.69, 9.17) is 5.11 Å². The summed E-state index contributed by atoms with van der Waals surface area (Å²) in [5.41, 5.74) is 1.28. The van der Waals surface area contributed by atoms with E-state index < -0.39 is 5.97 Å². The van der Waals surface area contributed by atoms with Gasteiger partial charge in [0.15, 0.2) is 0 Å². The van der Waals surface area contributed by atoms with Gasteiger partial charge in [0.25, 0.3) is 0 Å². The van der Waals surface area contributed by atoms with Crippen molar-refractivity contribution in [2.75, 3.05) is 19.3 Å². The number of thioether (sulfide) groups is 1. The summed E-state index contributed by atoms with van der Waals surface area (Å²) in [5.74, 6) is -0.111. The summed E-state index contributed by atoms with van der Waals surface area (Å²) in [6, 6.07) is 8.19. The molecule has 0 fully saturated rings. The van der Waals surface area contributed by atoms with Gasteiger partial charge in [0.2, 0.25) is 5.91 Å². The van der Waals surface area contributed by atoms with Crippen molar-refractivity contribution in [2.24, 2.45) is 0 Å². The van der Waals surface area contributed by atoms with Crippen LogP contribution in [0, 0.1) is 0 Å². The Balaban J connectivity index is 2.42. The molecule has 0 bridgehead atoms. The third-order valence-electron chi connectivity index (χ3n) is 3.00. The molecule has 1 amide bonds. The van der Waals surface area contributed by atoms with Gasteiger partial charge in [-0.05, 0) is 23.6 Å². The molecule has 0 heterocycles. The van der Waals surface area contributed by atoms with Crippen LogP contribution in [0.3, 0.4) is 0 Å². The quantitative estimate of drug-likeness (QED) is 0.786. The molecular weight excluding hydrogens is 274 g/mol. The summed E-state index contributed by atoms with van der Waals surface area (Å²) in [4.78, 5) is 24.8. The summed E-state index contributed by atoms with van der Waals surface area (Å²) in [6.45, 7) is 4.53. The highest BCUT2D eigenvalue weighted by Gasteiger charge is 2.10. The summed E-state index contributed by atoms with van der Waals surface area (Å²) >= 11 is 1.47. The summed E-state index contributed by atoms with van der Waals surface area (Å²) in [7, 11) is 1.63. The maximum absolute atomic E-state index is 11.8. The minimum absolute atomic E-state index is 0.0179. The number of carbonyl (C=O) groups excluding carboxylic acids is 1. The van der Waals surface area contributed by atoms with Gasteiger partial charge >= 0.3 is 5.97 Å².